The average molecular weight is 321 g/mol. The van der Waals surface area contributed by atoms with E-state index < -0.39 is 0 Å². The molecule has 0 spiro atoms. The second-order valence-electron chi connectivity index (χ2n) is 5.69. The molecule has 0 radical (unpaired) electrons. The van der Waals surface area contributed by atoms with Gasteiger partial charge in [-0.15, -0.1) is 0 Å². The number of benzene rings is 2. The number of aromatic nitrogens is 1. The Bertz CT molecular complexity index is 869. The molecule has 3 rings (SSSR count). The number of aryl methyl sites for hydroxylation is 1. The summed E-state index contributed by atoms with van der Waals surface area (Å²) in [7, 11) is 0. The summed E-state index contributed by atoms with van der Waals surface area (Å²) in [5, 5.41) is 1.09. The van der Waals surface area contributed by atoms with Crippen molar-refractivity contribution < 1.29 is 9.59 Å². The maximum atomic E-state index is 12.1. The second-order valence-corrected chi connectivity index (χ2v) is 5.69. The molecule has 0 unspecified atom stereocenters. The van der Waals surface area contributed by atoms with Gasteiger partial charge in [-0.3, -0.25) is 20.4 Å². The first-order chi connectivity index (χ1) is 11.6. The van der Waals surface area contributed by atoms with Gasteiger partial charge in [-0.05, 0) is 30.0 Å². The Hall–Kier alpha value is -3.08. The van der Waals surface area contributed by atoms with Gasteiger partial charge in [0.1, 0.15) is 6.54 Å². The van der Waals surface area contributed by atoms with Crippen LogP contribution in [0.3, 0.4) is 0 Å². The first kappa shape index (κ1) is 15.8. The molecule has 24 heavy (non-hydrogen) atoms. The number of hydrogen-bond acceptors (Lipinski definition) is 2. The minimum Gasteiger partial charge on any atom is -0.335 e. The van der Waals surface area contributed by atoms with E-state index in [-0.39, 0.29) is 24.8 Å². The van der Waals surface area contributed by atoms with Crippen molar-refractivity contribution in [2.75, 3.05) is 0 Å². The lowest BCUT2D eigenvalue weighted by Crippen LogP contribution is -2.43. The highest BCUT2D eigenvalue weighted by Crippen LogP contribution is 2.18. The van der Waals surface area contributed by atoms with E-state index in [9.17, 15) is 9.59 Å². The van der Waals surface area contributed by atoms with Gasteiger partial charge in [-0.1, -0.05) is 48.5 Å². The van der Waals surface area contributed by atoms with E-state index in [1.54, 1.807) is 0 Å². The molecule has 5 heteroatoms. The number of fused-ring (bicyclic) bond motifs is 1. The van der Waals surface area contributed by atoms with Crippen LogP contribution in [-0.4, -0.2) is 16.4 Å². The second kappa shape index (κ2) is 7.00. The van der Waals surface area contributed by atoms with E-state index in [1.807, 2.05) is 72.2 Å². The van der Waals surface area contributed by atoms with Crippen molar-refractivity contribution in [3.05, 3.63) is 71.9 Å². The van der Waals surface area contributed by atoms with Gasteiger partial charge < -0.3 is 4.57 Å². The molecule has 3 aromatic rings. The minimum absolute atomic E-state index is 0.158. The summed E-state index contributed by atoms with van der Waals surface area (Å²) < 4.78 is 1.92. The molecule has 2 N–H and O–H groups in total. The molecule has 0 saturated carbocycles. The van der Waals surface area contributed by atoms with Crippen LogP contribution in [0.15, 0.2) is 60.7 Å². The Morgan fingerprint density at radius 1 is 0.917 bits per heavy atom. The van der Waals surface area contributed by atoms with Gasteiger partial charge in [0, 0.05) is 11.2 Å². The predicted molar refractivity (Wildman–Crippen MR) is 93.1 cm³/mol. The molecule has 0 aliphatic carbocycles. The van der Waals surface area contributed by atoms with E-state index in [0.717, 1.165) is 22.2 Å². The zero-order valence-electron chi connectivity index (χ0n) is 13.5. The fourth-order valence-corrected chi connectivity index (χ4v) is 2.71. The summed E-state index contributed by atoms with van der Waals surface area (Å²) in [4.78, 5) is 24.0. The van der Waals surface area contributed by atoms with E-state index >= 15 is 0 Å². The van der Waals surface area contributed by atoms with E-state index in [0.29, 0.717) is 0 Å². The van der Waals surface area contributed by atoms with Crippen LogP contribution < -0.4 is 10.9 Å². The Morgan fingerprint density at radius 3 is 2.38 bits per heavy atom. The molecule has 0 fully saturated rings. The number of carbonyl (C=O) groups excluding carboxylic acids is 2. The quantitative estimate of drug-likeness (QED) is 0.725. The number of carbonyl (C=O) groups is 2. The molecule has 0 aliphatic rings. The normalized spacial score (nSPS) is 10.5. The third-order valence-electron chi connectivity index (χ3n) is 3.87. The summed E-state index contributed by atoms with van der Waals surface area (Å²) in [6.07, 6.45) is 0.229. The molecule has 0 atom stereocenters. The third kappa shape index (κ3) is 3.63. The lowest BCUT2D eigenvalue weighted by Gasteiger charge is -2.10. The van der Waals surface area contributed by atoms with Crippen molar-refractivity contribution in [1.29, 1.82) is 0 Å². The third-order valence-corrected chi connectivity index (χ3v) is 3.87. The van der Waals surface area contributed by atoms with Crippen LogP contribution in [-0.2, 0) is 22.6 Å². The number of nitrogens with one attached hydrogen (secondary N) is 2. The van der Waals surface area contributed by atoms with Crippen molar-refractivity contribution in [1.82, 2.24) is 15.4 Å². The van der Waals surface area contributed by atoms with Crippen molar-refractivity contribution in [3.8, 4) is 0 Å². The first-order valence-electron chi connectivity index (χ1n) is 7.80. The van der Waals surface area contributed by atoms with Crippen LogP contribution in [0.1, 0.15) is 11.3 Å². The van der Waals surface area contributed by atoms with Gasteiger partial charge in [0.05, 0.1) is 6.42 Å². The number of nitrogens with zero attached hydrogens (tertiary/aromatic N) is 1. The van der Waals surface area contributed by atoms with Crippen LogP contribution in [0.25, 0.3) is 10.9 Å². The molecular formula is C19H19N3O2. The number of hydrazine groups is 1. The largest absolute Gasteiger partial charge is 0.335 e. The minimum atomic E-state index is -0.263. The van der Waals surface area contributed by atoms with Crippen LogP contribution in [0.5, 0.6) is 0 Å². The standard InChI is InChI=1S/C19H19N3O2/c1-14-11-16-9-5-6-10-17(16)22(14)13-19(24)21-20-18(23)12-15-7-3-2-4-8-15/h2-11H,12-13H2,1H3,(H,20,23)(H,21,24). The predicted octanol–water partition coefficient (Wildman–Crippen LogP) is 2.34. The molecule has 1 heterocycles. The van der Waals surface area contributed by atoms with Gasteiger partial charge in [0.15, 0.2) is 0 Å². The topological polar surface area (TPSA) is 63.1 Å². The fourth-order valence-electron chi connectivity index (χ4n) is 2.71. The maximum absolute atomic E-state index is 12.1. The van der Waals surface area contributed by atoms with Crippen LogP contribution in [0.2, 0.25) is 0 Å². The Labute approximate surface area is 140 Å². The highest BCUT2D eigenvalue weighted by Gasteiger charge is 2.10. The van der Waals surface area contributed by atoms with Crippen LogP contribution in [0, 0.1) is 6.92 Å². The summed E-state index contributed by atoms with van der Waals surface area (Å²) in [5.41, 5.74) is 7.83. The molecule has 5 nitrogen and oxygen atoms in total. The van der Waals surface area contributed by atoms with E-state index in [2.05, 4.69) is 10.9 Å². The van der Waals surface area contributed by atoms with E-state index in [1.165, 1.54) is 0 Å². The van der Waals surface area contributed by atoms with Gasteiger partial charge >= 0.3 is 0 Å². The van der Waals surface area contributed by atoms with Crippen molar-refractivity contribution >= 4 is 22.7 Å². The van der Waals surface area contributed by atoms with Crippen molar-refractivity contribution in [2.24, 2.45) is 0 Å². The monoisotopic (exact) mass is 321 g/mol. The summed E-state index contributed by atoms with van der Waals surface area (Å²) >= 11 is 0. The van der Waals surface area contributed by atoms with Crippen LogP contribution in [0.4, 0.5) is 0 Å². The Balaban J connectivity index is 1.57. The zero-order valence-corrected chi connectivity index (χ0v) is 13.5. The highest BCUT2D eigenvalue weighted by molar-refractivity contribution is 5.86. The average Bonchev–Trinajstić information content (AvgIpc) is 2.90. The zero-order chi connectivity index (χ0) is 16.9. The molecule has 2 aromatic carbocycles. The lowest BCUT2D eigenvalue weighted by molar-refractivity contribution is -0.128. The molecule has 0 aliphatic heterocycles. The van der Waals surface area contributed by atoms with Gasteiger partial charge in [0.2, 0.25) is 5.91 Å². The molecule has 1 aromatic heterocycles. The van der Waals surface area contributed by atoms with Crippen LogP contribution >= 0.6 is 0 Å². The van der Waals surface area contributed by atoms with Crippen molar-refractivity contribution in [3.63, 3.8) is 0 Å². The van der Waals surface area contributed by atoms with Gasteiger partial charge in [0.25, 0.3) is 5.91 Å². The van der Waals surface area contributed by atoms with Crippen molar-refractivity contribution in [2.45, 2.75) is 19.9 Å². The fraction of sp³-hybridized carbons (Fsp3) is 0.158. The summed E-state index contributed by atoms with van der Waals surface area (Å²) in [6, 6.07) is 19.3. The van der Waals surface area contributed by atoms with Gasteiger partial charge in [-0.25, -0.2) is 0 Å². The Morgan fingerprint density at radius 2 is 1.58 bits per heavy atom. The molecule has 2 amide bonds. The molecular weight excluding hydrogens is 302 g/mol. The summed E-state index contributed by atoms with van der Waals surface area (Å²) in [6.45, 7) is 2.12. The summed E-state index contributed by atoms with van der Waals surface area (Å²) in [5.74, 6) is -0.510. The maximum Gasteiger partial charge on any atom is 0.258 e. The van der Waals surface area contributed by atoms with Gasteiger partial charge in [-0.2, -0.15) is 0 Å². The smallest absolute Gasteiger partial charge is 0.258 e. The Kier molecular flexibility index (Phi) is 4.61. The lowest BCUT2D eigenvalue weighted by atomic mass is 10.1. The number of para-hydroxylation sites is 1. The number of hydrogen-bond donors (Lipinski definition) is 2. The number of rotatable bonds is 4. The highest BCUT2D eigenvalue weighted by atomic mass is 16.2. The molecule has 0 saturated heterocycles. The van der Waals surface area contributed by atoms with E-state index in [4.69, 9.17) is 0 Å². The number of amides is 2. The SMILES string of the molecule is Cc1cc2ccccc2n1CC(=O)NNC(=O)Cc1ccccc1. The first-order valence-corrected chi connectivity index (χ1v) is 7.80. The molecule has 122 valence electrons. The molecule has 0 bridgehead atoms.